The van der Waals surface area contributed by atoms with Gasteiger partial charge < -0.3 is 14.8 Å². The van der Waals surface area contributed by atoms with Crippen LogP contribution in [0.15, 0.2) is 11.4 Å². The van der Waals surface area contributed by atoms with E-state index < -0.39 is 11.6 Å². The van der Waals surface area contributed by atoms with Crippen molar-refractivity contribution in [2.45, 2.75) is 26.4 Å². The average molecular weight is 271 g/mol. The fraction of sp³-hybridized carbons (Fsp3) is 0.500. The molecule has 1 N–H and O–H groups in total. The number of ether oxygens (including phenoxy) is 2. The summed E-state index contributed by atoms with van der Waals surface area (Å²) in [6.45, 7) is 5.34. The molecule has 1 aromatic rings. The molecular weight excluding hydrogens is 254 g/mol. The Bertz CT molecular complexity index is 439. The van der Waals surface area contributed by atoms with Gasteiger partial charge in [-0.25, -0.2) is 4.79 Å². The molecule has 0 aliphatic carbocycles. The van der Waals surface area contributed by atoms with E-state index in [-0.39, 0.29) is 5.91 Å². The first-order valence-corrected chi connectivity index (χ1v) is 6.41. The number of hydrogen-bond acceptors (Lipinski definition) is 5. The van der Waals surface area contributed by atoms with Gasteiger partial charge in [0.2, 0.25) is 0 Å². The fourth-order valence-corrected chi connectivity index (χ4v) is 1.89. The van der Waals surface area contributed by atoms with E-state index in [0.29, 0.717) is 17.2 Å². The van der Waals surface area contributed by atoms with E-state index in [0.717, 1.165) is 0 Å². The van der Waals surface area contributed by atoms with Crippen LogP contribution in [0, 0.1) is 0 Å². The highest BCUT2D eigenvalue weighted by Crippen LogP contribution is 2.25. The first kappa shape index (κ1) is 14.7. The lowest BCUT2D eigenvalue weighted by molar-refractivity contribution is -0.133. The van der Waals surface area contributed by atoms with Crippen molar-refractivity contribution >= 4 is 28.2 Å². The summed E-state index contributed by atoms with van der Waals surface area (Å²) in [5.74, 6) is -0.748. The van der Waals surface area contributed by atoms with Crippen molar-refractivity contribution in [3.63, 3.8) is 0 Å². The molecule has 18 heavy (non-hydrogen) atoms. The molecule has 0 spiro atoms. The Morgan fingerprint density at radius 1 is 1.44 bits per heavy atom. The smallest absolute Gasteiger partial charge is 0.341 e. The number of nitrogens with one attached hydrogen (secondary N) is 1. The van der Waals surface area contributed by atoms with Gasteiger partial charge in [-0.2, -0.15) is 0 Å². The average Bonchev–Trinajstić information content (AvgIpc) is 2.77. The van der Waals surface area contributed by atoms with Crippen LogP contribution in [-0.2, 0) is 14.3 Å². The Kier molecular flexibility index (Phi) is 4.86. The number of carbonyl (C=O) groups excluding carboxylic acids is 2. The highest BCUT2D eigenvalue weighted by molar-refractivity contribution is 7.14. The Morgan fingerprint density at radius 2 is 2.11 bits per heavy atom. The molecular formula is C12H17NO4S. The first-order chi connectivity index (χ1) is 8.42. The second kappa shape index (κ2) is 5.97. The molecule has 0 atom stereocenters. The highest BCUT2D eigenvalue weighted by atomic mass is 32.1. The van der Waals surface area contributed by atoms with Gasteiger partial charge in [-0.15, -0.1) is 11.3 Å². The number of thiophene rings is 1. The van der Waals surface area contributed by atoms with E-state index in [2.05, 4.69) is 5.32 Å². The van der Waals surface area contributed by atoms with Crippen LogP contribution in [0.3, 0.4) is 0 Å². The third-order valence-corrected chi connectivity index (χ3v) is 3.27. The highest BCUT2D eigenvalue weighted by Gasteiger charge is 2.28. The van der Waals surface area contributed by atoms with Crippen molar-refractivity contribution in [3.8, 4) is 0 Å². The van der Waals surface area contributed by atoms with Crippen LogP contribution in [0.5, 0.6) is 0 Å². The Morgan fingerprint density at radius 3 is 2.67 bits per heavy atom. The molecule has 1 amide bonds. The van der Waals surface area contributed by atoms with Crippen molar-refractivity contribution in [3.05, 3.63) is 17.0 Å². The second-order valence-corrected chi connectivity index (χ2v) is 4.97. The minimum Gasteiger partial charge on any atom is -0.462 e. The van der Waals surface area contributed by atoms with Crippen LogP contribution < -0.4 is 5.32 Å². The molecule has 0 radical (unpaired) electrons. The summed E-state index contributed by atoms with van der Waals surface area (Å²) in [7, 11) is 1.46. The standard InChI is InChI=1S/C12H17NO4S/c1-5-17-10(14)8-6-7-18-9(8)13-11(15)12(2,3)16-4/h6-7H,5H2,1-4H3,(H,13,15). The minimum atomic E-state index is -0.948. The van der Waals surface area contributed by atoms with Gasteiger partial charge in [0.1, 0.15) is 10.6 Å². The van der Waals surface area contributed by atoms with Crippen LogP contribution in [0.25, 0.3) is 0 Å². The number of esters is 1. The molecule has 1 heterocycles. The normalized spacial score (nSPS) is 11.1. The fourth-order valence-electron chi connectivity index (χ4n) is 1.12. The summed E-state index contributed by atoms with van der Waals surface area (Å²) in [6, 6.07) is 1.62. The third kappa shape index (κ3) is 3.30. The molecule has 0 fully saturated rings. The molecule has 1 aromatic heterocycles. The lowest BCUT2D eigenvalue weighted by Crippen LogP contribution is -2.38. The summed E-state index contributed by atoms with van der Waals surface area (Å²) in [5.41, 5.74) is -0.585. The van der Waals surface area contributed by atoms with Crippen molar-refractivity contribution in [2.75, 3.05) is 19.0 Å². The Balaban J connectivity index is 2.83. The zero-order valence-corrected chi connectivity index (χ0v) is 11.7. The number of carbonyl (C=O) groups is 2. The first-order valence-electron chi connectivity index (χ1n) is 5.53. The van der Waals surface area contributed by atoms with Crippen LogP contribution in [0.1, 0.15) is 31.1 Å². The maximum atomic E-state index is 11.9. The largest absolute Gasteiger partial charge is 0.462 e. The minimum absolute atomic E-state index is 0.297. The van der Waals surface area contributed by atoms with Gasteiger partial charge >= 0.3 is 5.97 Å². The van der Waals surface area contributed by atoms with Crippen molar-refractivity contribution < 1.29 is 19.1 Å². The molecule has 100 valence electrons. The topological polar surface area (TPSA) is 64.6 Å². The lowest BCUT2D eigenvalue weighted by atomic mass is 10.1. The van der Waals surface area contributed by atoms with Crippen LogP contribution in [-0.4, -0.2) is 31.2 Å². The number of rotatable bonds is 5. The molecule has 6 heteroatoms. The molecule has 5 nitrogen and oxygen atoms in total. The van der Waals surface area contributed by atoms with Crippen molar-refractivity contribution in [1.82, 2.24) is 0 Å². The van der Waals surface area contributed by atoms with Gasteiger partial charge in [0.05, 0.1) is 12.2 Å². The summed E-state index contributed by atoms with van der Waals surface area (Å²) in [6.07, 6.45) is 0. The van der Waals surface area contributed by atoms with E-state index in [1.165, 1.54) is 18.4 Å². The summed E-state index contributed by atoms with van der Waals surface area (Å²) >= 11 is 1.27. The molecule has 1 rings (SSSR count). The maximum Gasteiger partial charge on any atom is 0.341 e. The summed E-state index contributed by atoms with van der Waals surface area (Å²) in [4.78, 5) is 23.5. The monoisotopic (exact) mass is 271 g/mol. The Hall–Kier alpha value is -1.40. The molecule has 0 bridgehead atoms. The summed E-state index contributed by atoms with van der Waals surface area (Å²) in [5, 5.41) is 4.87. The molecule has 0 aliphatic rings. The van der Waals surface area contributed by atoms with Crippen LogP contribution >= 0.6 is 11.3 Å². The van der Waals surface area contributed by atoms with E-state index >= 15 is 0 Å². The number of amides is 1. The number of anilines is 1. The number of hydrogen-bond donors (Lipinski definition) is 1. The van der Waals surface area contributed by atoms with Gasteiger partial charge in [0.15, 0.2) is 0 Å². The second-order valence-electron chi connectivity index (χ2n) is 4.05. The molecule has 0 aromatic carbocycles. The SMILES string of the molecule is CCOC(=O)c1ccsc1NC(=O)C(C)(C)OC. The van der Waals surface area contributed by atoms with Gasteiger partial charge in [-0.3, -0.25) is 4.79 Å². The molecule has 0 saturated carbocycles. The molecule has 0 saturated heterocycles. The van der Waals surface area contributed by atoms with E-state index in [9.17, 15) is 9.59 Å². The van der Waals surface area contributed by atoms with E-state index in [4.69, 9.17) is 9.47 Å². The van der Waals surface area contributed by atoms with Gasteiger partial charge in [-0.1, -0.05) is 0 Å². The van der Waals surface area contributed by atoms with Gasteiger partial charge in [0.25, 0.3) is 5.91 Å². The third-order valence-electron chi connectivity index (χ3n) is 2.44. The van der Waals surface area contributed by atoms with Crippen LogP contribution in [0.4, 0.5) is 5.00 Å². The van der Waals surface area contributed by atoms with Crippen LogP contribution in [0.2, 0.25) is 0 Å². The van der Waals surface area contributed by atoms with Gasteiger partial charge in [-0.05, 0) is 32.2 Å². The van der Waals surface area contributed by atoms with E-state index in [1.807, 2.05) is 0 Å². The predicted octanol–water partition coefficient (Wildman–Crippen LogP) is 2.29. The summed E-state index contributed by atoms with van der Waals surface area (Å²) < 4.78 is 9.98. The quantitative estimate of drug-likeness (QED) is 0.834. The predicted molar refractivity (Wildman–Crippen MR) is 70.0 cm³/mol. The molecule has 0 aliphatic heterocycles. The zero-order valence-electron chi connectivity index (χ0n) is 10.9. The molecule has 0 unspecified atom stereocenters. The number of methoxy groups -OCH3 is 1. The van der Waals surface area contributed by atoms with Gasteiger partial charge in [0, 0.05) is 7.11 Å². The van der Waals surface area contributed by atoms with Crippen molar-refractivity contribution in [1.29, 1.82) is 0 Å². The lowest BCUT2D eigenvalue weighted by Gasteiger charge is -2.21. The zero-order chi connectivity index (χ0) is 13.8. The maximum absolute atomic E-state index is 11.9. The Labute approximate surface area is 110 Å². The van der Waals surface area contributed by atoms with E-state index in [1.54, 1.807) is 32.2 Å². The van der Waals surface area contributed by atoms with Crippen molar-refractivity contribution in [2.24, 2.45) is 0 Å².